The Kier molecular flexibility index (Phi) is 2.71. The topological polar surface area (TPSA) is 74.8 Å². The molecule has 0 saturated heterocycles. The molecule has 2 rings (SSSR count). The van der Waals surface area contributed by atoms with Crippen LogP contribution in [0.15, 0.2) is 52.6 Å². The molecule has 0 amide bonds. The lowest BCUT2D eigenvalue weighted by atomic mass is 10.2. The summed E-state index contributed by atoms with van der Waals surface area (Å²) in [6.45, 7) is 3.57. The molecule has 0 unspecified atom stereocenters. The van der Waals surface area contributed by atoms with Crippen molar-refractivity contribution in [1.29, 1.82) is 0 Å². The zero-order valence-corrected chi connectivity index (χ0v) is 8.37. The van der Waals surface area contributed by atoms with Crippen LogP contribution >= 0.6 is 0 Å². The molecule has 2 aromatic rings. The molecule has 0 bridgehead atoms. The van der Waals surface area contributed by atoms with Crippen molar-refractivity contribution >= 4 is 5.70 Å². The van der Waals surface area contributed by atoms with Crippen molar-refractivity contribution in [3.63, 3.8) is 0 Å². The minimum atomic E-state index is 0.220. The van der Waals surface area contributed by atoms with Crippen molar-refractivity contribution in [3.8, 4) is 11.5 Å². The number of azide groups is 1. The van der Waals surface area contributed by atoms with Gasteiger partial charge < -0.3 is 4.42 Å². The van der Waals surface area contributed by atoms with E-state index in [1.807, 2.05) is 30.3 Å². The summed E-state index contributed by atoms with van der Waals surface area (Å²) in [4.78, 5) is 6.71. The van der Waals surface area contributed by atoms with E-state index in [0.717, 1.165) is 5.56 Å². The fourth-order valence-corrected chi connectivity index (χ4v) is 1.22. The Morgan fingerprint density at radius 1 is 1.38 bits per heavy atom. The second-order valence-electron chi connectivity index (χ2n) is 3.03. The lowest BCUT2D eigenvalue weighted by Gasteiger charge is -1.93. The van der Waals surface area contributed by atoms with Crippen LogP contribution in [0.1, 0.15) is 5.76 Å². The minimum absolute atomic E-state index is 0.220. The number of oxazole rings is 1. The van der Waals surface area contributed by atoms with Gasteiger partial charge in [-0.1, -0.05) is 29.9 Å². The van der Waals surface area contributed by atoms with Crippen LogP contribution in [0.4, 0.5) is 0 Å². The molecule has 5 heteroatoms. The summed E-state index contributed by atoms with van der Waals surface area (Å²) in [6.07, 6.45) is 1.49. The molecule has 0 aliphatic heterocycles. The van der Waals surface area contributed by atoms with Crippen LogP contribution in [-0.2, 0) is 0 Å². The average molecular weight is 212 g/mol. The van der Waals surface area contributed by atoms with E-state index < -0.39 is 0 Å². The monoisotopic (exact) mass is 212 g/mol. The van der Waals surface area contributed by atoms with Gasteiger partial charge >= 0.3 is 0 Å². The van der Waals surface area contributed by atoms with Crippen LogP contribution in [-0.4, -0.2) is 4.98 Å². The summed E-state index contributed by atoms with van der Waals surface area (Å²) in [6, 6.07) is 9.45. The van der Waals surface area contributed by atoms with Crippen LogP contribution < -0.4 is 0 Å². The molecule has 1 aromatic carbocycles. The highest BCUT2D eigenvalue weighted by Crippen LogP contribution is 2.22. The highest BCUT2D eigenvalue weighted by Gasteiger charge is 2.07. The third kappa shape index (κ3) is 1.94. The van der Waals surface area contributed by atoms with E-state index in [2.05, 4.69) is 21.6 Å². The van der Waals surface area contributed by atoms with Gasteiger partial charge in [-0.25, -0.2) is 4.98 Å². The molecule has 0 N–H and O–H groups in total. The van der Waals surface area contributed by atoms with Crippen molar-refractivity contribution < 1.29 is 4.42 Å². The number of hydrogen-bond acceptors (Lipinski definition) is 3. The Balaban J connectivity index is 2.33. The molecule has 0 saturated carbocycles. The first-order valence-corrected chi connectivity index (χ1v) is 4.57. The van der Waals surface area contributed by atoms with Crippen molar-refractivity contribution in [2.75, 3.05) is 0 Å². The van der Waals surface area contributed by atoms with Gasteiger partial charge in [0.1, 0.15) is 0 Å². The third-order valence-electron chi connectivity index (χ3n) is 1.98. The van der Waals surface area contributed by atoms with Gasteiger partial charge in [0.25, 0.3) is 0 Å². The summed E-state index contributed by atoms with van der Waals surface area (Å²) in [5.41, 5.74) is 9.34. The molecule has 0 radical (unpaired) electrons. The normalized spacial score (nSPS) is 9.50. The smallest absolute Gasteiger partial charge is 0.226 e. The summed E-state index contributed by atoms with van der Waals surface area (Å²) in [5.74, 6) is 0.849. The van der Waals surface area contributed by atoms with E-state index in [0.29, 0.717) is 11.7 Å². The summed E-state index contributed by atoms with van der Waals surface area (Å²) >= 11 is 0. The number of hydrogen-bond donors (Lipinski definition) is 0. The van der Waals surface area contributed by atoms with Gasteiger partial charge in [0.2, 0.25) is 5.89 Å². The SMILES string of the molecule is C=C(N=[N+]=[N-])c1cnc(-c2ccccc2)o1. The molecule has 1 heterocycles. The van der Waals surface area contributed by atoms with Crippen LogP contribution in [0.5, 0.6) is 0 Å². The molecular weight excluding hydrogens is 204 g/mol. The van der Waals surface area contributed by atoms with Crippen LogP contribution in [0, 0.1) is 0 Å². The van der Waals surface area contributed by atoms with E-state index in [9.17, 15) is 0 Å². The first-order valence-electron chi connectivity index (χ1n) is 4.57. The maximum absolute atomic E-state index is 8.26. The van der Waals surface area contributed by atoms with E-state index in [4.69, 9.17) is 9.95 Å². The highest BCUT2D eigenvalue weighted by atomic mass is 16.4. The fourth-order valence-electron chi connectivity index (χ4n) is 1.22. The molecule has 0 aliphatic rings. The number of benzene rings is 1. The van der Waals surface area contributed by atoms with E-state index >= 15 is 0 Å². The first-order chi connectivity index (χ1) is 7.81. The molecule has 5 nitrogen and oxygen atoms in total. The van der Waals surface area contributed by atoms with Crippen molar-refractivity contribution in [2.24, 2.45) is 5.11 Å². The predicted molar refractivity (Wildman–Crippen MR) is 60.1 cm³/mol. The Morgan fingerprint density at radius 2 is 2.12 bits per heavy atom. The zero-order valence-electron chi connectivity index (χ0n) is 8.37. The standard InChI is InChI=1S/C11H8N4O/c1-8(14-15-12)10-7-13-11(16-10)9-5-3-2-4-6-9/h2-7H,1H2. The maximum atomic E-state index is 8.26. The number of rotatable bonds is 3. The molecule has 1 aromatic heterocycles. The Morgan fingerprint density at radius 3 is 2.81 bits per heavy atom. The third-order valence-corrected chi connectivity index (χ3v) is 1.98. The van der Waals surface area contributed by atoms with Gasteiger partial charge in [-0.05, 0) is 17.7 Å². The molecule has 0 atom stereocenters. The highest BCUT2D eigenvalue weighted by molar-refractivity contribution is 5.60. The minimum Gasteiger partial charge on any atom is -0.436 e. The molecule has 78 valence electrons. The average Bonchev–Trinajstić information content (AvgIpc) is 2.80. The zero-order chi connectivity index (χ0) is 11.4. The summed E-state index contributed by atoms with van der Waals surface area (Å²) in [5, 5.41) is 3.35. The second-order valence-corrected chi connectivity index (χ2v) is 3.03. The second kappa shape index (κ2) is 4.33. The van der Waals surface area contributed by atoms with E-state index in [1.165, 1.54) is 6.20 Å². The lowest BCUT2D eigenvalue weighted by molar-refractivity contribution is 0.560. The van der Waals surface area contributed by atoms with Crippen molar-refractivity contribution in [3.05, 3.63) is 59.3 Å². The Labute approximate surface area is 91.7 Å². The van der Waals surface area contributed by atoms with Crippen LogP contribution in [0.25, 0.3) is 27.6 Å². The van der Waals surface area contributed by atoms with Gasteiger partial charge in [-0.3, -0.25) is 0 Å². The van der Waals surface area contributed by atoms with Crippen molar-refractivity contribution in [2.45, 2.75) is 0 Å². The van der Waals surface area contributed by atoms with Crippen LogP contribution in [0.3, 0.4) is 0 Å². The van der Waals surface area contributed by atoms with Gasteiger partial charge in [-0.15, -0.1) is 0 Å². The summed E-state index contributed by atoms with van der Waals surface area (Å²) < 4.78 is 5.41. The quantitative estimate of drug-likeness (QED) is 0.442. The fraction of sp³-hybridized carbons (Fsp3) is 0. The Bertz CT molecular complexity index is 552. The lowest BCUT2D eigenvalue weighted by Crippen LogP contribution is -1.74. The number of nitrogens with zero attached hydrogens (tertiary/aromatic N) is 4. The van der Waals surface area contributed by atoms with Crippen molar-refractivity contribution in [1.82, 2.24) is 4.98 Å². The van der Waals surface area contributed by atoms with Gasteiger partial charge in [0, 0.05) is 10.5 Å². The molecule has 0 fully saturated rings. The molecule has 0 aliphatic carbocycles. The molecule has 0 spiro atoms. The summed E-state index contributed by atoms with van der Waals surface area (Å²) in [7, 11) is 0. The Hall–Kier alpha value is -2.52. The van der Waals surface area contributed by atoms with Crippen LogP contribution in [0.2, 0.25) is 0 Å². The van der Waals surface area contributed by atoms with Gasteiger partial charge in [0.05, 0.1) is 11.9 Å². The largest absolute Gasteiger partial charge is 0.436 e. The van der Waals surface area contributed by atoms with Gasteiger partial charge in [-0.2, -0.15) is 0 Å². The van der Waals surface area contributed by atoms with Gasteiger partial charge in [0.15, 0.2) is 5.76 Å². The van der Waals surface area contributed by atoms with E-state index in [-0.39, 0.29) is 5.70 Å². The number of aromatic nitrogens is 1. The predicted octanol–water partition coefficient (Wildman–Crippen LogP) is 3.62. The molecule has 16 heavy (non-hydrogen) atoms. The molecular formula is C11H8N4O. The van der Waals surface area contributed by atoms with E-state index in [1.54, 1.807) is 0 Å². The first kappa shape index (κ1) is 10.0. The maximum Gasteiger partial charge on any atom is 0.226 e.